The predicted octanol–water partition coefficient (Wildman–Crippen LogP) is 4.31. The quantitative estimate of drug-likeness (QED) is 0.693. The van der Waals surface area contributed by atoms with Crippen LogP contribution < -0.4 is 10.1 Å². The van der Waals surface area contributed by atoms with Crippen molar-refractivity contribution in [1.82, 2.24) is 5.32 Å². The molecule has 2 aromatic rings. The molecule has 0 bridgehead atoms. The highest BCUT2D eigenvalue weighted by molar-refractivity contribution is 9.10. The zero-order valence-corrected chi connectivity index (χ0v) is 17.5. The summed E-state index contributed by atoms with van der Waals surface area (Å²) in [7, 11) is 0. The lowest BCUT2D eigenvalue weighted by Gasteiger charge is -2.36. The van der Waals surface area contributed by atoms with Gasteiger partial charge in [-0.1, -0.05) is 34.1 Å². The van der Waals surface area contributed by atoms with Crippen molar-refractivity contribution in [3.8, 4) is 5.75 Å². The van der Waals surface area contributed by atoms with Crippen LogP contribution in [0.4, 0.5) is 0 Å². The van der Waals surface area contributed by atoms with Gasteiger partial charge in [0.05, 0.1) is 12.0 Å². The zero-order chi connectivity index (χ0) is 19.3. The third-order valence-corrected chi connectivity index (χ3v) is 5.56. The van der Waals surface area contributed by atoms with Crippen molar-refractivity contribution in [3.63, 3.8) is 0 Å². The molecule has 0 saturated carbocycles. The summed E-state index contributed by atoms with van der Waals surface area (Å²) in [5, 5.41) is 3.07. The molecule has 0 radical (unpaired) electrons. The Kier molecular flexibility index (Phi) is 6.55. The summed E-state index contributed by atoms with van der Waals surface area (Å²) in [6.07, 6.45) is 1.39. The minimum absolute atomic E-state index is 0.0529. The average Bonchev–Trinajstić information content (AvgIpc) is 2.65. The van der Waals surface area contributed by atoms with Crippen LogP contribution in [0.3, 0.4) is 0 Å². The fourth-order valence-electron chi connectivity index (χ4n) is 3.65. The van der Waals surface area contributed by atoms with E-state index in [2.05, 4.69) is 41.2 Å². The Morgan fingerprint density at radius 2 is 1.74 bits per heavy atom. The number of ether oxygens (including phenoxy) is 2. The van der Waals surface area contributed by atoms with Crippen LogP contribution in [0.5, 0.6) is 5.75 Å². The van der Waals surface area contributed by atoms with Crippen molar-refractivity contribution >= 4 is 21.8 Å². The van der Waals surface area contributed by atoms with Crippen molar-refractivity contribution < 1.29 is 14.3 Å². The molecule has 5 heteroatoms. The van der Waals surface area contributed by atoms with Gasteiger partial charge in [0.2, 0.25) is 5.91 Å². The standard InChI is InChI=1S/C22H26BrNO3/c1-16-13-17(2)15-20(14-16)27-12-9-24-21(25)22(7-10-26-11-8-22)18-3-5-19(23)6-4-18/h3-6,13-15H,7-12H2,1-2H3,(H,24,25). The van der Waals surface area contributed by atoms with E-state index >= 15 is 0 Å². The minimum atomic E-state index is -0.529. The highest BCUT2D eigenvalue weighted by Crippen LogP contribution is 2.35. The van der Waals surface area contributed by atoms with Crippen LogP contribution in [0.25, 0.3) is 0 Å². The summed E-state index contributed by atoms with van der Waals surface area (Å²) in [5.41, 5.74) is 2.86. The molecule has 1 heterocycles. The van der Waals surface area contributed by atoms with E-state index in [1.807, 2.05) is 36.4 Å². The van der Waals surface area contributed by atoms with E-state index in [1.165, 1.54) is 11.1 Å². The van der Waals surface area contributed by atoms with Gasteiger partial charge in [0.25, 0.3) is 0 Å². The second-order valence-electron chi connectivity index (χ2n) is 7.13. The van der Waals surface area contributed by atoms with Crippen LogP contribution in [-0.4, -0.2) is 32.3 Å². The maximum atomic E-state index is 13.1. The number of carbonyl (C=O) groups excluding carboxylic acids is 1. The number of hydrogen-bond donors (Lipinski definition) is 1. The first-order valence-corrected chi connectivity index (χ1v) is 10.1. The maximum absolute atomic E-state index is 13.1. The third kappa shape index (κ3) is 4.90. The second-order valence-corrected chi connectivity index (χ2v) is 8.04. The fraction of sp³-hybridized carbons (Fsp3) is 0.409. The van der Waals surface area contributed by atoms with Crippen molar-refractivity contribution in [2.24, 2.45) is 0 Å². The average molecular weight is 432 g/mol. The summed E-state index contributed by atoms with van der Waals surface area (Å²) >= 11 is 3.47. The Morgan fingerprint density at radius 1 is 1.11 bits per heavy atom. The molecule has 0 spiro atoms. The number of nitrogens with one attached hydrogen (secondary N) is 1. The number of benzene rings is 2. The lowest BCUT2D eigenvalue weighted by molar-refractivity contribution is -0.130. The summed E-state index contributed by atoms with van der Waals surface area (Å²) in [5.74, 6) is 0.896. The summed E-state index contributed by atoms with van der Waals surface area (Å²) < 4.78 is 12.3. The normalized spacial score (nSPS) is 16.0. The van der Waals surface area contributed by atoms with Gasteiger partial charge in [0.1, 0.15) is 12.4 Å². The van der Waals surface area contributed by atoms with E-state index in [0.29, 0.717) is 39.2 Å². The van der Waals surface area contributed by atoms with Gasteiger partial charge in [-0.3, -0.25) is 4.79 Å². The SMILES string of the molecule is Cc1cc(C)cc(OCCNC(=O)C2(c3ccc(Br)cc3)CCOCC2)c1. The lowest BCUT2D eigenvalue weighted by atomic mass is 9.73. The molecular weight excluding hydrogens is 406 g/mol. The maximum Gasteiger partial charge on any atom is 0.230 e. The molecule has 144 valence electrons. The largest absolute Gasteiger partial charge is 0.492 e. The molecule has 1 amide bonds. The zero-order valence-electron chi connectivity index (χ0n) is 15.9. The summed E-state index contributed by atoms with van der Waals surface area (Å²) in [6, 6.07) is 14.2. The third-order valence-electron chi connectivity index (χ3n) is 5.03. The number of halogens is 1. The van der Waals surface area contributed by atoms with Crippen molar-refractivity contribution in [2.45, 2.75) is 32.1 Å². The topological polar surface area (TPSA) is 47.6 Å². The fourth-order valence-corrected chi connectivity index (χ4v) is 3.92. The Bertz CT molecular complexity index is 762. The lowest BCUT2D eigenvalue weighted by Crippen LogP contribution is -2.48. The molecule has 0 aliphatic carbocycles. The number of rotatable bonds is 6. The first-order valence-electron chi connectivity index (χ1n) is 9.33. The van der Waals surface area contributed by atoms with Crippen LogP contribution in [0.2, 0.25) is 0 Å². The van der Waals surface area contributed by atoms with Gasteiger partial charge in [-0.25, -0.2) is 0 Å². The first kappa shape index (κ1) is 19.9. The molecule has 1 aliphatic heterocycles. The van der Waals surface area contributed by atoms with Gasteiger partial charge < -0.3 is 14.8 Å². The van der Waals surface area contributed by atoms with Crippen LogP contribution in [0, 0.1) is 13.8 Å². The molecule has 4 nitrogen and oxygen atoms in total. The van der Waals surface area contributed by atoms with Gasteiger partial charge in [0.15, 0.2) is 0 Å². The Balaban J connectivity index is 1.62. The van der Waals surface area contributed by atoms with E-state index in [1.54, 1.807) is 0 Å². The smallest absolute Gasteiger partial charge is 0.230 e. The molecule has 0 aromatic heterocycles. The van der Waals surface area contributed by atoms with E-state index < -0.39 is 5.41 Å². The van der Waals surface area contributed by atoms with E-state index in [-0.39, 0.29) is 5.91 Å². The number of hydrogen-bond acceptors (Lipinski definition) is 3. The molecule has 0 unspecified atom stereocenters. The van der Waals surface area contributed by atoms with Crippen LogP contribution in [0.15, 0.2) is 46.9 Å². The molecule has 1 N–H and O–H groups in total. The Labute approximate surface area is 169 Å². The highest BCUT2D eigenvalue weighted by Gasteiger charge is 2.41. The van der Waals surface area contributed by atoms with Crippen LogP contribution in [-0.2, 0) is 14.9 Å². The molecule has 1 fully saturated rings. The molecule has 3 rings (SSSR count). The summed E-state index contributed by atoms with van der Waals surface area (Å²) in [6.45, 7) is 6.22. The number of aryl methyl sites for hydroxylation is 2. The monoisotopic (exact) mass is 431 g/mol. The molecule has 0 atom stereocenters. The van der Waals surface area contributed by atoms with Gasteiger partial charge in [-0.2, -0.15) is 0 Å². The van der Waals surface area contributed by atoms with Crippen molar-refractivity contribution in [2.75, 3.05) is 26.4 Å². The van der Waals surface area contributed by atoms with E-state index in [0.717, 1.165) is 15.8 Å². The van der Waals surface area contributed by atoms with E-state index in [4.69, 9.17) is 9.47 Å². The minimum Gasteiger partial charge on any atom is -0.492 e. The number of carbonyl (C=O) groups is 1. The highest BCUT2D eigenvalue weighted by atomic mass is 79.9. The Morgan fingerprint density at radius 3 is 2.37 bits per heavy atom. The Hall–Kier alpha value is -1.85. The van der Waals surface area contributed by atoms with E-state index in [9.17, 15) is 4.79 Å². The predicted molar refractivity (Wildman–Crippen MR) is 110 cm³/mol. The summed E-state index contributed by atoms with van der Waals surface area (Å²) in [4.78, 5) is 13.1. The van der Waals surface area contributed by atoms with Gasteiger partial charge in [0, 0.05) is 17.7 Å². The van der Waals surface area contributed by atoms with Gasteiger partial charge in [-0.15, -0.1) is 0 Å². The van der Waals surface area contributed by atoms with Crippen molar-refractivity contribution in [1.29, 1.82) is 0 Å². The second kappa shape index (κ2) is 8.89. The number of amides is 1. The van der Waals surface area contributed by atoms with Gasteiger partial charge in [-0.05, 0) is 67.6 Å². The molecule has 1 saturated heterocycles. The molecule has 1 aliphatic rings. The molecule has 27 heavy (non-hydrogen) atoms. The van der Waals surface area contributed by atoms with Gasteiger partial charge >= 0.3 is 0 Å². The van der Waals surface area contributed by atoms with Crippen LogP contribution in [0.1, 0.15) is 29.5 Å². The van der Waals surface area contributed by atoms with Crippen molar-refractivity contribution in [3.05, 3.63) is 63.6 Å². The van der Waals surface area contributed by atoms with Crippen LogP contribution >= 0.6 is 15.9 Å². The first-order chi connectivity index (χ1) is 13.0. The molecular formula is C22H26BrNO3. The molecule has 2 aromatic carbocycles.